The van der Waals surface area contributed by atoms with Crippen LogP contribution in [0.2, 0.25) is 0 Å². The first kappa shape index (κ1) is 26.8. The molecule has 0 aliphatic heterocycles. The van der Waals surface area contributed by atoms with Crippen LogP contribution < -0.4 is 5.32 Å². The molecule has 3 aromatic rings. The van der Waals surface area contributed by atoms with Crippen LogP contribution in [-0.2, 0) is 22.1 Å². The molecule has 3 aromatic carbocycles. The van der Waals surface area contributed by atoms with Crippen LogP contribution in [0.25, 0.3) is 11.1 Å². The maximum Gasteiger partial charge on any atom is 0.416 e. The van der Waals surface area contributed by atoms with E-state index in [0.29, 0.717) is 18.6 Å². The summed E-state index contributed by atoms with van der Waals surface area (Å²) in [5.41, 5.74) is 5.01. The van der Waals surface area contributed by atoms with Gasteiger partial charge in [0, 0.05) is 5.69 Å². The first-order valence-corrected chi connectivity index (χ1v) is 13.1. The Bertz CT molecular complexity index is 1200. The van der Waals surface area contributed by atoms with Crippen molar-refractivity contribution in [1.82, 2.24) is 0 Å². The molecule has 4 rings (SSSR count). The number of ether oxygens (including phenoxy) is 1. The average Bonchev–Trinajstić information content (AvgIpc) is 2.89. The molecular weight excluding hydrogens is 475 g/mol. The highest BCUT2D eigenvalue weighted by atomic mass is 19.4. The third-order valence-corrected chi connectivity index (χ3v) is 7.03. The van der Waals surface area contributed by atoms with E-state index in [1.165, 1.54) is 23.3 Å². The van der Waals surface area contributed by atoms with Crippen molar-refractivity contribution in [3.05, 3.63) is 89.0 Å². The van der Waals surface area contributed by atoms with Crippen molar-refractivity contribution < 1.29 is 22.7 Å². The molecular formula is C31H34F3NO2. The molecule has 0 amide bonds. The van der Waals surface area contributed by atoms with Crippen molar-refractivity contribution in [2.75, 3.05) is 11.9 Å². The van der Waals surface area contributed by atoms with Crippen LogP contribution in [0.4, 0.5) is 18.9 Å². The second-order valence-electron chi connectivity index (χ2n) is 9.65. The van der Waals surface area contributed by atoms with Gasteiger partial charge in [-0.1, -0.05) is 62.2 Å². The molecule has 0 spiro atoms. The molecule has 1 aliphatic rings. The molecule has 37 heavy (non-hydrogen) atoms. The highest BCUT2D eigenvalue weighted by molar-refractivity contribution is 5.80. The molecule has 0 saturated heterocycles. The summed E-state index contributed by atoms with van der Waals surface area (Å²) in [6, 6.07) is 19.6. The summed E-state index contributed by atoms with van der Waals surface area (Å²) in [4.78, 5) is 12.9. The van der Waals surface area contributed by atoms with Crippen LogP contribution >= 0.6 is 0 Å². The molecule has 0 aromatic heterocycles. The van der Waals surface area contributed by atoms with Gasteiger partial charge in [-0.15, -0.1) is 0 Å². The number of unbranched alkanes of at least 4 members (excludes halogenated alkanes) is 1. The van der Waals surface area contributed by atoms with Gasteiger partial charge in [-0.05, 0) is 84.7 Å². The van der Waals surface area contributed by atoms with Crippen LogP contribution in [0.5, 0.6) is 0 Å². The fourth-order valence-electron chi connectivity index (χ4n) is 5.13. The number of anilines is 1. The third kappa shape index (κ3) is 6.54. The summed E-state index contributed by atoms with van der Waals surface area (Å²) in [5, 5.41) is 3.67. The van der Waals surface area contributed by atoms with Crippen molar-refractivity contribution >= 4 is 11.7 Å². The second kappa shape index (κ2) is 11.8. The molecule has 0 fully saturated rings. The smallest absolute Gasteiger partial charge is 0.416 e. The Labute approximate surface area is 217 Å². The van der Waals surface area contributed by atoms with E-state index in [9.17, 15) is 18.0 Å². The van der Waals surface area contributed by atoms with E-state index in [-0.39, 0.29) is 12.0 Å². The van der Waals surface area contributed by atoms with Gasteiger partial charge in [0.1, 0.15) is 0 Å². The van der Waals surface area contributed by atoms with E-state index in [2.05, 4.69) is 30.4 Å². The number of fused-ring (bicyclic) bond motifs is 1. The lowest BCUT2D eigenvalue weighted by molar-refractivity contribution is -0.145. The van der Waals surface area contributed by atoms with Gasteiger partial charge in [-0.2, -0.15) is 13.2 Å². The van der Waals surface area contributed by atoms with Crippen molar-refractivity contribution in [3.63, 3.8) is 0 Å². The van der Waals surface area contributed by atoms with E-state index in [1.807, 2.05) is 24.3 Å². The normalized spacial score (nSPS) is 16.1. The molecule has 0 heterocycles. The molecule has 1 N–H and O–H groups in total. The standard InChI is InChI=1S/C31H34F3NO2/c1-3-5-11-28(30(36)37-4-2)24-18-23(21-14-16-25(17-15-21)31(32,33)34)19-26(20-24)35-29-13-8-10-22-9-6-7-12-27(22)29/h6-7,9,12,14-20,28-29,35H,3-5,8,10-11,13H2,1-2H3. The molecule has 2 atom stereocenters. The molecule has 0 radical (unpaired) electrons. The molecule has 0 bridgehead atoms. The number of benzene rings is 3. The molecule has 0 saturated carbocycles. The number of rotatable bonds is 9. The lowest BCUT2D eigenvalue weighted by Gasteiger charge is -2.28. The molecule has 1 aliphatic carbocycles. The third-order valence-electron chi connectivity index (χ3n) is 7.03. The first-order chi connectivity index (χ1) is 17.8. The zero-order chi connectivity index (χ0) is 26.4. The van der Waals surface area contributed by atoms with E-state index >= 15 is 0 Å². The number of nitrogens with one attached hydrogen (secondary N) is 1. The number of halogens is 3. The molecule has 2 unspecified atom stereocenters. The van der Waals surface area contributed by atoms with Crippen molar-refractivity contribution in [3.8, 4) is 11.1 Å². The highest BCUT2D eigenvalue weighted by Crippen LogP contribution is 2.37. The number of hydrogen-bond acceptors (Lipinski definition) is 3. The fraction of sp³-hybridized carbons (Fsp3) is 0.387. The van der Waals surface area contributed by atoms with Gasteiger partial charge in [-0.3, -0.25) is 4.79 Å². The first-order valence-electron chi connectivity index (χ1n) is 13.1. The summed E-state index contributed by atoms with van der Waals surface area (Å²) >= 11 is 0. The van der Waals surface area contributed by atoms with E-state index in [0.717, 1.165) is 61.1 Å². The largest absolute Gasteiger partial charge is 0.466 e. The monoisotopic (exact) mass is 509 g/mol. The Morgan fingerprint density at radius 2 is 1.78 bits per heavy atom. The van der Waals surface area contributed by atoms with Crippen LogP contribution in [0.15, 0.2) is 66.7 Å². The minimum atomic E-state index is -4.39. The van der Waals surface area contributed by atoms with E-state index < -0.39 is 17.7 Å². The summed E-state index contributed by atoms with van der Waals surface area (Å²) in [7, 11) is 0. The topological polar surface area (TPSA) is 38.3 Å². The Balaban J connectivity index is 1.75. The molecule has 196 valence electrons. The lowest BCUT2D eigenvalue weighted by Crippen LogP contribution is -2.19. The van der Waals surface area contributed by atoms with Gasteiger partial charge in [0.05, 0.1) is 24.1 Å². The van der Waals surface area contributed by atoms with E-state index in [1.54, 1.807) is 6.92 Å². The average molecular weight is 510 g/mol. The predicted molar refractivity (Wildman–Crippen MR) is 142 cm³/mol. The predicted octanol–water partition coefficient (Wildman–Crippen LogP) is 8.70. The van der Waals surface area contributed by atoms with Gasteiger partial charge < -0.3 is 10.1 Å². The SMILES string of the molecule is CCCCC(C(=O)OCC)c1cc(NC2CCCc3ccccc32)cc(-c2ccc(C(F)(F)F)cc2)c1. The van der Waals surface area contributed by atoms with E-state index in [4.69, 9.17) is 4.74 Å². The van der Waals surface area contributed by atoms with Crippen molar-refractivity contribution in [1.29, 1.82) is 0 Å². The zero-order valence-electron chi connectivity index (χ0n) is 21.4. The summed E-state index contributed by atoms with van der Waals surface area (Å²) in [6.07, 6.45) is 1.17. The number of carbonyl (C=O) groups excluding carboxylic acids is 1. The highest BCUT2D eigenvalue weighted by Gasteiger charge is 2.30. The Kier molecular flexibility index (Phi) is 8.57. The minimum absolute atomic E-state index is 0.123. The number of hydrogen-bond donors (Lipinski definition) is 1. The maximum absolute atomic E-state index is 13.2. The summed E-state index contributed by atoms with van der Waals surface area (Å²) in [6.45, 7) is 4.17. The van der Waals surface area contributed by atoms with Gasteiger partial charge in [0.15, 0.2) is 0 Å². The molecule has 3 nitrogen and oxygen atoms in total. The number of alkyl halides is 3. The van der Waals surface area contributed by atoms with Crippen molar-refractivity contribution in [2.45, 2.75) is 70.5 Å². The number of esters is 1. The van der Waals surface area contributed by atoms with Crippen LogP contribution in [0, 0.1) is 0 Å². The van der Waals surface area contributed by atoms with Crippen molar-refractivity contribution in [2.24, 2.45) is 0 Å². The van der Waals surface area contributed by atoms with Gasteiger partial charge in [0.25, 0.3) is 0 Å². The Hall–Kier alpha value is -3.28. The fourth-order valence-corrected chi connectivity index (χ4v) is 5.13. The van der Waals surface area contributed by atoms with Gasteiger partial charge in [-0.25, -0.2) is 0 Å². The van der Waals surface area contributed by atoms with Gasteiger partial charge in [0.2, 0.25) is 0 Å². The minimum Gasteiger partial charge on any atom is -0.466 e. The Morgan fingerprint density at radius 1 is 1.03 bits per heavy atom. The maximum atomic E-state index is 13.2. The van der Waals surface area contributed by atoms with Crippen LogP contribution in [0.3, 0.4) is 0 Å². The zero-order valence-corrected chi connectivity index (χ0v) is 21.4. The summed E-state index contributed by atoms with van der Waals surface area (Å²) < 4.78 is 44.9. The van der Waals surface area contributed by atoms with Crippen LogP contribution in [0.1, 0.15) is 80.2 Å². The van der Waals surface area contributed by atoms with Gasteiger partial charge >= 0.3 is 12.1 Å². The Morgan fingerprint density at radius 3 is 2.49 bits per heavy atom. The number of aryl methyl sites for hydroxylation is 1. The van der Waals surface area contributed by atoms with Crippen LogP contribution in [-0.4, -0.2) is 12.6 Å². The second-order valence-corrected chi connectivity index (χ2v) is 9.65. The molecule has 6 heteroatoms. The number of carbonyl (C=O) groups is 1. The lowest BCUT2D eigenvalue weighted by atomic mass is 9.87. The quantitative estimate of drug-likeness (QED) is 0.293. The summed E-state index contributed by atoms with van der Waals surface area (Å²) in [5.74, 6) is -0.706.